The molecule has 4 aromatic rings. The van der Waals surface area contributed by atoms with Crippen LogP contribution in [0, 0.1) is 6.92 Å². The van der Waals surface area contributed by atoms with Crippen molar-refractivity contribution in [2.24, 2.45) is 0 Å². The lowest BCUT2D eigenvalue weighted by molar-refractivity contribution is -0.141. The molecule has 0 aliphatic carbocycles. The molecular weight excluding hydrogens is 526 g/mol. The van der Waals surface area contributed by atoms with Crippen LogP contribution in [0.2, 0.25) is 10.0 Å². The third-order valence-electron chi connectivity index (χ3n) is 5.59. The fraction of sp³-hybridized carbons (Fsp3) is 0.185. The van der Waals surface area contributed by atoms with Gasteiger partial charge in [0.25, 0.3) is 5.91 Å². The summed E-state index contributed by atoms with van der Waals surface area (Å²) in [6, 6.07) is 18.2. The van der Waals surface area contributed by atoms with E-state index in [2.05, 4.69) is 10.4 Å². The van der Waals surface area contributed by atoms with Crippen LogP contribution in [-0.4, -0.2) is 22.2 Å². The molecule has 0 spiro atoms. The van der Waals surface area contributed by atoms with Crippen molar-refractivity contribution < 1.29 is 22.7 Å². The van der Waals surface area contributed by atoms with Crippen LogP contribution in [0.25, 0.3) is 16.8 Å². The lowest BCUT2D eigenvalue weighted by Gasteiger charge is -2.14. The van der Waals surface area contributed by atoms with E-state index < -0.39 is 11.9 Å². The lowest BCUT2D eigenvalue weighted by atomic mass is 10.0. The Kier molecular flexibility index (Phi) is 7.80. The Morgan fingerprint density at radius 2 is 1.65 bits per heavy atom. The van der Waals surface area contributed by atoms with Gasteiger partial charge in [-0.25, -0.2) is 4.68 Å². The van der Waals surface area contributed by atoms with Crippen LogP contribution in [0.1, 0.15) is 34.2 Å². The van der Waals surface area contributed by atoms with E-state index in [1.807, 2.05) is 38.1 Å². The normalized spacial score (nSPS) is 11.4. The van der Waals surface area contributed by atoms with Gasteiger partial charge in [-0.1, -0.05) is 47.5 Å². The van der Waals surface area contributed by atoms with Crippen molar-refractivity contribution in [2.75, 3.05) is 6.54 Å². The third kappa shape index (κ3) is 5.92. The van der Waals surface area contributed by atoms with Crippen LogP contribution < -0.4 is 10.1 Å². The number of ether oxygens (including phenoxy) is 1. The summed E-state index contributed by atoms with van der Waals surface area (Å²) in [5, 5.41) is 6.78. The van der Waals surface area contributed by atoms with E-state index in [0.29, 0.717) is 17.9 Å². The largest absolute Gasteiger partial charge is 0.487 e. The number of halogens is 5. The van der Waals surface area contributed by atoms with Gasteiger partial charge in [-0.3, -0.25) is 4.79 Å². The molecule has 1 N–H and O–H groups in total. The number of aromatic nitrogens is 2. The fourth-order valence-corrected chi connectivity index (χ4v) is 4.32. The van der Waals surface area contributed by atoms with Gasteiger partial charge in [0.2, 0.25) is 0 Å². The van der Waals surface area contributed by atoms with Gasteiger partial charge in [-0.05, 0) is 73.0 Å². The van der Waals surface area contributed by atoms with Gasteiger partial charge in [0.1, 0.15) is 18.0 Å². The first-order valence-electron chi connectivity index (χ1n) is 11.3. The fourth-order valence-electron chi connectivity index (χ4n) is 3.77. The van der Waals surface area contributed by atoms with Crippen LogP contribution in [0.4, 0.5) is 13.2 Å². The summed E-state index contributed by atoms with van der Waals surface area (Å²) in [6.07, 6.45) is -4.65. The Morgan fingerprint density at radius 1 is 1.00 bits per heavy atom. The number of aryl methyl sites for hydroxylation is 1. The maximum atomic E-state index is 13.4. The zero-order valence-electron chi connectivity index (χ0n) is 19.9. The second-order valence-corrected chi connectivity index (χ2v) is 9.02. The first-order chi connectivity index (χ1) is 17.6. The highest BCUT2D eigenvalue weighted by Crippen LogP contribution is 2.34. The van der Waals surface area contributed by atoms with Gasteiger partial charge in [0.15, 0.2) is 5.69 Å². The van der Waals surface area contributed by atoms with Gasteiger partial charge in [-0.2, -0.15) is 18.3 Å². The topological polar surface area (TPSA) is 56.1 Å². The Bertz CT molecular complexity index is 1410. The molecule has 37 heavy (non-hydrogen) atoms. The molecule has 10 heteroatoms. The van der Waals surface area contributed by atoms with Crippen LogP contribution in [0.3, 0.4) is 0 Å². The summed E-state index contributed by atoms with van der Waals surface area (Å²) in [5.74, 6) is 0.356. The highest BCUT2D eigenvalue weighted by Gasteiger charge is 2.35. The van der Waals surface area contributed by atoms with Crippen molar-refractivity contribution in [1.29, 1.82) is 0 Å². The number of hydrogen-bond donors (Lipinski definition) is 1. The van der Waals surface area contributed by atoms with Crippen molar-refractivity contribution in [3.05, 3.63) is 99.3 Å². The van der Waals surface area contributed by atoms with Crippen LogP contribution in [0.5, 0.6) is 5.75 Å². The van der Waals surface area contributed by atoms with Crippen LogP contribution in [-0.2, 0) is 12.8 Å². The molecule has 1 aromatic heterocycles. The molecule has 1 amide bonds. The van der Waals surface area contributed by atoms with E-state index in [1.54, 1.807) is 24.3 Å². The van der Waals surface area contributed by atoms with Crippen molar-refractivity contribution in [3.63, 3.8) is 0 Å². The summed E-state index contributed by atoms with van der Waals surface area (Å²) in [4.78, 5) is 12.0. The maximum Gasteiger partial charge on any atom is 0.435 e. The Hall–Kier alpha value is -3.49. The van der Waals surface area contributed by atoms with E-state index in [-0.39, 0.29) is 33.9 Å². The average molecular weight is 548 g/mol. The van der Waals surface area contributed by atoms with E-state index in [9.17, 15) is 18.0 Å². The number of carbonyl (C=O) groups excluding carboxylic acids is 1. The number of amides is 1. The molecular formula is C27H22Cl2F3N3O2. The highest BCUT2D eigenvalue weighted by molar-refractivity contribution is 6.37. The van der Waals surface area contributed by atoms with E-state index >= 15 is 0 Å². The number of carbonyl (C=O) groups is 1. The summed E-state index contributed by atoms with van der Waals surface area (Å²) in [5.41, 5.74) is 2.35. The van der Waals surface area contributed by atoms with Crippen LogP contribution >= 0.6 is 23.2 Å². The highest BCUT2D eigenvalue weighted by atomic mass is 35.5. The Labute approximate surface area is 221 Å². The molecule has 3 aromatic carbocycles. The quantitative estimate of drug-likeness (QED) is 0.260. The lowest BCUT2D eigenvalue weighted by Crippen LogP contribution is -2.22. The summed E-state index contributed by atoms with van der Waals surface area (Å²) in [6.45, 7) is 4.04. The molecule has 0 unspecified atom stereocenters. The Morgan fingerprint density at radius 3 is 2.24 bits per heavy atom. The number of para-hydroxylation sites is 1. The molecule has 0 bridgehead atoms. The zero-order chi connectivity index (χ0) is 26.7. The number of benzene rings is 3. The number of nitrogens with one attached hydrogen (secondary N) is 1. The molecule has 0 saturated carbocycles. The first kappa shape index (κ1) is 26.6. The SMILES string of the molecule is CCNC(=O)c1ccc(-c2ccc(OCc3cc(C(F)(F)F)nn3-c3c(Cl)cccc3Cl)c(C)c2)cc1. The van der Waals surface area contributed by atoms with Crippen molar-refractivity contribution >= 4 is 29.1 Å². The maximum absolute atomic E-state index is 13.4. The molecule has 0 saturated heterocycles. The molecule has 0 atom stereocenters. The van der Waals surface area contributed by atoms with Gasteiger partial charge < -0.3 is 10.1 Å². The average Bonchev–Trinajstić information content (AvgIpc) is 3.28. The number of rotatable bonds is 7. The minimum atomic E-state index is -4.65. The Balaban J connectivity index is 1.58. The smallest absolute Gasteiger partial charge is 0.435 e. The molecule has 0 fully saturated rings. The zero-order valence-corrected chi connectivity index (χ0v) is 21.4. The van der Waals surface area contributed by atoms with E-state index in [1.165, 1.54) is 12.1 Å². The minimum Gasteiger partial charge on any atom is -0.487 e. The third-order valence-corrected chi connectivity index (χ3v) is 6.20. The van der Waals surface area contributed by atoms with Crippen molar-refractivity contribution in [1.82, 2.24) is 15.1 Å². The summed E-state index contributed by atoms with van der Waals surface area (Å²) >= 11 is 12.5. The number of alkyl halides is 3. The second-order valence-electron chi connectivity index (χ2n) is 8.21. The first-order valence-corrected chi connectivity index (χ1v) is 12.1. The predicted octanol–water partition coefficient (Wildman–Crippen LogP) is 7.50. The van der Waals surface area contributed by atoms with Crippen LogP contribution in [0.15, 0.2) is 66.7 Å². The van der Waals surface area contributed by atoms with Gasteiger partial charge in [-0.15, -0.1) is 0 Å². The van der Waals surface area contributed by atoms with E-state index in [4.69, 9.17) is 27.9 Å². The molecule has 0 aliphatic rings. The molecule has 0 radical (unpaired) electrons. The molecule has 5 nitrogen and oxygen atoms in total. The minimum absolute atomic E-state index is 0.131. The van der Waals surface area contributed by atoms with Crippen molar-refractivity contribution in [2.45, 2.75) is 26.6 Å². The molecule has 0 aliphatic heterocycles. The molecule has 4 rings (SSSR count). The van der Waals surface area contributed by atoms with Crippen molar-refractivity contribution in [3.8, 4) is 22.6 Å². The second kappa shape index (κ2) is 10.9. The summed E-state index contributed by atoms with van der Waals surface area (Å²) < 4.78 is 47.3. The monoisotopic (exact) mass is 547 g/mol. The predicted molar refractivity (Wildman–Crippen MR) is 138 cm³/mol. The number of nitrogens with zero attached hydrogens (tertiary/aromatic N) is 2. The summed E-state index contributed by atoms with van der Waals surface area (Å²) in [7, 11) is 0. The standard InChI is InChI=1S/C27H22Cl2F3N3O2/c1-3-33-26(36)18-9-7-17(8-10-18)19-11-12-23(16(2)13-19)37-15-20-14-24(27(30,31)32)34-35(20)25-21(28)5-4-6-22(25)29/h4-14H,3,15H2,1-2H3,(H,33,36). The molecule has 1 heterocycles. The van der Waals surface area contributed by atoms with Gasteiger partial charge in [0, 0.05) is 12.1 Å². The van der Waals surface area contributed by atoms with Gasteiger partial charge in [0.05, 0.1) is 15.7 Å². The molecule has 192 valence electrons. The van der Waals surface area contributed by atoms with Gasteiger partial charge >= 0.3 is 6.18 Å². The van der Waals surface area contributed by atoms with E-state index in [0.717, 1.165) is 27.4 Å². The number of hydrogen-bond acceptors (Lipinski definition) is 3.